The lowest BCUT2D eigenvalue weighted by atomic mass is 10.0. The highest BCUT2D eigenvalue weighted by Crippen LogP contribution is 2.45. The molecule has 0 aliphatic carbocycles. The van der Waals surface area contributed by atoms with Gasteiger partial charge in [0.05, 0.1) is 11.4 Å². The first-order valence-electron chi connectivity index (χ1n) is 19.4. The van der Waals surface area contributed by atoms with E-state index in [1.165, 1.54) is 0 Å². The fourth-order valence-corrected chi connectivity index (χ4v) is 8.10. The molecule has 2 heterocycles. The minimum absolute atomic E-state index is 0.558. The molecule has 0 N–H and O–H groups in total. The van der Waals surface area contributed by atoms with Gasteiger partial charge in [0.25, 0.3) is 0 Å². The third kappa shape index (κ3) is 5.94. The molecule has 0 aliphatic heterocycles. The number of furan rings is 1. The first-order chi connectivity index (χ1) is 28.7. The highest BCUT2D eigenvalue weighted by atomic mass is 16.3. The zero-order valence-corrected chi connectivity index (χ0v) is 31.3. The van der Waals surface area contributed by atoms with Gasteiger partial charge in [-0.05, 0) is 69.8 Å². The van der Waals surface area contributed by atoms with Crippen LogP contribution in [0.1, 0.15) is 0 Å². The fraction of sp³-hybridized carbons (Fsp3) is 0. The van der Waals surface area contributed by atoms with E-state index in [4.69, 9.17) is 19.4 Å². The van der Waals surface area contributed by atoms with E-state index in [9.17, 15) is 0 Å². The van der Waals surface area contributed by atoms with Gasteiger partial charge in [-0.1, -0.05) is 158 Å². The third-order valence-electron chi connectivity index (χ3n) is 10.8. The summed E-state index contributed by atoms with van der Waals surface area (Å²) in [6.07, 6.45) is 0. The maximum absolute atomic E-state index is 6.87. The Kier molecular flexibility index (Phi) is 8.07. The van der Waals surface area contributed by atoms with Crippen molar-refractivity contribution in [2.75, 3.05) is 4.90 Å². The molecule has 0 aliphatic rings. The molecule has 0 atom stereocenters. The fourth-order valence-electron chi connectivity index (χ4n) is 8.10. The normalized spacial score (nSPS) is 11.4. The van der Waals surface area contributed by atoms with Crippen LogP contribution in [0.3, 0.4) is 0 Å². The Hall–Kier alpha value is -7.89. The van der Waals surface area contributed by atoms with E-state index in [1.54, 1.807) is 0 Å². The standard InChI is InChI=1S/C53H34N4O/c1-4-16-35(17-5-1)38-24-14-25-41(30-38)52-54-51(37-19-6-2-7-20-37)55-53(56-52)46-33-43(34-49-50(46)45-31-39-21-10-11-22-40(39)32-48(45)58-49)57(42-26-8-3-9-27-42)47-29-15-23-36-18-12-13-28-44(36)47/h1-34H. The van der Waals surface area contributed by atoms with E-state index in [1.807, 2.05) is 42.5 Å². The van der Waals surface area contributed by atoms with Crippen LogP contribution in [0.2, 0.25) is 0 Å². The molecule has 272 valence electrons. The summed E-state index contributed by atoms with van der Waals surface area (Å²) in [6, 6.07) is 71.6. The van der Waals surface area contributed by atoms with Crippen molar-refractivity contribution < 1.29 is 4.42 Å². The molecular weight excluding hydrogens is 709 g/mol. The minimum atomic E-state index is 0.558. The van der Waals surface area contributed by atoms with Crippen LogP contribution in [-0.2, 0) is 0 Å². The van der Waals surface area contributed by atoms with Crippen LogP contribution in [0.15, 0.2) is 211 Å². The second kappa shape index (κ2) is 14.0. The highest BCUT2D eigenvalue weighted by Gasteiger charge is 2.23. The molecule has 0 unspecified atom stereocenters. The van der Waals surface area contributed by atoms with E-state index < -0.39 is 0 Å². The number of benzene rings is 9. The molecular formula is C53H34N4O. The van der Waals surface area contributed by atoms with Gasteiger partial charge in [-0.2, -0.15) is 0 Å². The summed E-state index contributed by atoms with van der Waals surface area (Å²) in [5, 5.41) is 6.49. The summed E-state index contributed by atoms with van der Waals surface area (Å²) in [5.41, 5.74) is 9.41. The molecule has 0 saturated heterocycles. The van der Waals surface area contributed by atoms with E-state index in [-0.39, 0.29) is 0 Å². The number of para-hydroxylation sites is 1. The summed E-state index contributed by atoms with van der Waals surface area (Å²) >= 11 is 0. The van der Waals surface area contributed by atoms with Crippen molar-refractivity contribution in [1.29, 1.82) is 0 Å². The van der Waals surface area contributed by atoms with Gasteiger partial charge >= 0.3 is 0 Å². The maximum atomic E-state index is 6.87. The molecule has 2 aromatic heterocycles. The third-order valence-corrected chi connectivity index (χ3v) is 10.8. The number of hydrogen-bond acceptors (Lipinski definition) is 5. The molecule has 58 heavy (non-hydrogen) atoms. The Labute approximate surface area is 335 Å². The van der Waals surface area contributed by atoms with Crippen molar-refractivity contribution in [3.05, 3.63) is 206 Å². The average Bonchev–Trinajstić information content (AvgIpc) is 3.66. The minimum Gasteiger partial charge on any atom is -0.456 e. The maximum Gasteiger partial charge on any atom is 0.164 e. The second-order valence-electron chi connectivity index (χ2n) is 14.5. The number of fused-ring (bicyclic) bond motifs is 5. The summed E-state index contributed by atoms with van der Waals surface area (Å²) in [5.74, 6) is 1.74. The van der Waals surface area contributed by atoms with Crippen LogP contribution in [0, 0.1) is 0 Å². The lowest BCUT2D eigenvalue weighted by Gasteiger charge is -2.27. The zero-order valence-electron chi connectivity index (χ0n) is 31.3. The topological polar surface area (TPSA) is 55.1 Å². The number of anilines is 3. The van der Waals surface area contributed by atoms with E-state index >= 15 is 0 Å². The predicted octanol–water partition coefficient (Wildman–Crippen LogP) is 14.2. The van der Waals surface area contributed by atoms with Gasteiger partial charge in [-0.3, -0.25) is 0 Å². The van der Waals surface area contributed by atoms with Gasteiger partial charge < -0.3 is 9.32 Å². The Bertz CT molecular complexity index is 3280. The smallest absolute Gasteiger partial charge is 0.164 e. The van der Waals surface area contributed by atoms with Gasteiger partial charge in [0.15, 0.2) is 17.5 Å². The molecule has 0 spiro atoms. The quantitative estimate of drug-likeness (QED) is 0.163. The first-order valence-corrected chi connectivity index (χ1v) is 19.4. The van der Waals surface area contributed by atoms with Crippen molar-refractivity contribution in [3.63, 3.8) is 0 Å². The zero-order chi connectivity index (χ0) is 38.4. The molecule has 0 fully saturated rings. The summed E-state index contributed by atoms with van der Waals surface area (Å²) < 4.78 is 6.87. The molecule has 11 aromatic rings. The Morgan fingerprint density at radius 3 is 1.69 bits per heavy atom. The average molecular weight is 743 g/mol. The van der Waals surface area contributed by atoms with Crippen LogP contribution in [-0.4, -0.2) is 15.0 Å². The number of nitrogens with zero attached hydrogens (tertiary/aromatic N) is 4. The Balaban J connectivity index is 1.22. The van der Waals surface area contributed by atoms with Gasteiger partial charge in [0.2, 0.25) is 0 Å². The van der Waals surface area contributed by atoms with Gasteiger partial charge in [-0.15, -0.1) is 0 Å². The van der Waals surface area contributed by atoms with E-state index in [2.05, 4.69) is 169 Å². The summed E-state index contributed by atoms with van der Waals surface area (Å²) in [4.78, 5) is 18.1. The Morgan fingerprint density at radius 2 is 0.914 bits per heavy atom. The lowest BCUT2D eigenvalue weighted by molar-refractivity contribution is 0.669. The molecule has 0 bridgehead atoms. The highest BCUT2D eigenvalue weighted by molar-refractivity contribution is 6.16. The molecule has 5 nitrogen and oxygen atoms in total. The van der Waals surface area contributed by atoms with E-state index in [0.717, 1.165) is 88.4 Å². The SMILES string of the molecule is c1ccc(-c2cccc(-c3nc(-c4ccccc4)nc(-c4cc(N(c5ccccc5)c5cccc6ccccc56)cc5oc6cc7ccccc7cc6c45)n3)c2)cc1. The van der Waals surface area contributed by atoms with Crippen molar-refractivity contribution in [2.45, 2.75) is 0 Å². The van der Waals surface area contributed by atoms with Crippen LogP contribution in [0.5, 0.6) is 0 Å². The Morgan fingerprint density at radius 1 is 0.345 bits per heavy atom. The lowest BCUT2D eigenvalue weighted by Crippen LogP contribution is -2.11. The van der Waals surface area contributed by atoms with Crippen LogP contribution in [0.25, 0.3) is 88.8 Å². The van der Waals surface area contributed by atoms with Crippen molar-refractivity contribution in [1.82, 2.24) is 15.0 Å². The molecule has 9 aromatic carbocycles. The summed E-state index contributed by atoms with van der Waals surface area (Å²) in [7, 11) is 0. The first kappa shape index (κ1) is 33.4. The molecule has 5 heteroatoms. The van der Waals surface area contributed by atoms with Gasteiger partial charge in [-0.25, -0.2) is 15.0 Å². The molecule has 0 radical (unpaired) electrons. The molecule has 11 rings (SSSR count). The van der Waals surface area contributed by atoms with Crippen LogP contribution < -0.4 is 4.90 Å². The van der Waals surface area contributed by atoms with Crippen LogP contribution >= 0.6 is 0 Å². The largest absolute Gasteiger partial charge is 0.456 e. The predicted molar refractivity (Wildman–Crippen MR) is 239 cm³/mol. The number of aromatic nitrogens is 3. The van der Waals surface area contributed by atoms with Gasteiger partial charge in [0.1, 0.15) is 11.2 Å². The van der Waals surface area contributed by atoms with E-state index in [0.29, 0.717) is 17.5 Å². The van der Waals surface area contributed by atoms with Crippen molar-refractivity contribution in [2.24, 2.45) is 0 Å². The van der Waals surface area contributed by atoms with Gasteiger partial charge in [0, 0.05) is 44.6 Å². The van der Waals surface area contributed by atoms with Crippen LogP contribution in [0.4, 0.5) is 17.1 Å². The summed E-state index contributed by atoms with van der Waals surface area (Å²) in [6.45, 7) is 0. The molecule has 0 amide bonds. The van der Waals surface area contributed by atoms with Crippen molar-refractivity contribution >= 4 is 60.5 Å². The number of hydrogen-bond donors (Lipinski definition) is 0. The monoisotopic (exact) mass is 742 g/mol. The second-order valence-corrected chi connectivity index (χ2v) is 14.5. The number of rotatable bonds is 7. The van der Waals surface area contributed by atoms with Crippen molar-refractivity contribution in [3.8, 4) is 45.3 Å². The molecule has 0 saturated carbocycles.